The zero-order valence-electron chi connectivity index (χ0n) is 6.61. The van der Waals surface area contributed by atoms with Gasteiger partial charge in [0.2, 0.25) is 5.91 Å². The highest BCUT2D eigenvalue weighted by atomic mass is 79.9. The highest BCUT2D eigenvalue weighted by molar-refractivity contribution is 9.09. The van der Waals surface area contributed by atoms with Crippen LogP contribution in [0.5, 0.6) is 0 Å². The minimum absolute atomic E-state index is 0.230. The van der Waals surface area contributed by atoms with Crippen LogP contribution in [0.2, 0.25) is 0 Å². The smallest absolute Gasteiger partial charge is 0.220 e. The number of unbranched alkanes of at least 4 members (excludes halogenated alkanes) is 1. The van der Waals surface area contributed by atoms with Crippen molar-refractivity contribution in [3.8, 4) is 0 Å². The summed E-state index contributed by atoms with van der Waals surface area (Å²) < 4.78 is 0. The van der Waals surface area contributed by atoms with E-state index in [9.17, 15) is 4.79 Å². The van der Waals surface area contributed by atoms with E-state index in [1.165, 1.54) is 12.8 Å². The lowest BCUT2D eigenvalue weighted by Gasteiger charge is -2.00. The summed E-state index contributed by atoms with van der Waals surface area (Å²) in [5.74, 6) is 0.230. The van der Waals surface area contributed by atoms with E-state index in [1.54, 1.807) is 0 Å². The lowest BCUT2D eigenvalue weighted by atomic mass is 10.2. The first-order valence-corrected chi connectivity index (χ1v) is 5.30. The van der Waals surface area contributed by atoms with Gasteiger partial charge in [0.05, 0.1) is 0 Å². The summed E-state index contributed by atoms with van der Waals surface area (Å²) in [6, 6.07) is 0.520. The third-order valence-electron chi connectivity index (χ3n) is 1.73. The molecule has 0 aliphatic heterocycles. The lowest BCUT2D eigenvalue weighted by Crippen LogP contribution is -2.24. The van der Waals surface area contributed by atoms with Gasteiger partial charge in [0.25, 0.3) is 0 Å². The summed E-state index contributed by atoms with van der Waals surface area (Å²) in [6.07, 6.45) is 5.17. The highest BCUT2D eigenvalue weighted by Crippen LogP contribution is 2.18. The summed E-state index contributed by atoms with van der Waals surface area (Å²) in [5.41, 5.74) is 0. The van der Waals surface area contributed by atoms with Crippen molar-refractivity contribution < 1.29 is 4.79 Å². The van der Waals surface area contributed by atoms with Gasteiger partial charge in [-0.3, -0.25) is 4.79 Å². The maximum Gasteiger partial charge on any atom is 0.220 e. The van der Waals surface area contributed by atoms with Gasteiger partial charge in [-0.1, -0.05) is 15.9 Å². The number of nitrogens with one attached hydrogen (secondary N) is 1. The van der Waals surface area contributed by atoms with Crippen LogP contribution in [0, 0.1) is 0 Å². The Hall–Kier alpha value is -0.0500. The third-order valence-corrected chi connectivity index (χ3v) is 2.29. The molecule has 0 unspecified atom stereocenters. The van der Waals surface area contributed by atoms with E-state index in [2.05, 4.69) is 21.2 Å². The molecule has 64 valence electrons. The largest absolute Gasteiger partial charge is 0.353 e. The van der Waals surface area contributed by atoms with Crippen LogP contribution < -0.4 is 5.32 Å². The first kappa shape index (κ1) is 9.04. The number of rotatable bonds is 5. The van der Waals surface area contributed by atoms with Crippen LogP contribution in [0.1, 0.15) is 32.1 Å². The van der Waals surface area contributed by atoms with Gasteiger partial charge in [-0.05, 0) is 25.7 Å². The Morgan fingerprint density at radius 3 is 2.73 bits per heavy atom. The second-order valence-electron chi connectivity index (χ2n) is 2.99. The fraction of sp³-hybridized carbons (Fsp3) is 0.875. The Morgan fingerprint density at radius 1 is 1.45 bits per heavy atom. The molecular formula is C8H14BrNO. The van der Waals surface area contributed by atoms with Crippen molar-refractivity contribution in [1.29, 1.82) is 0 Å². The van der Waals surface area contributed by atoms with E-state index in [0.717, 1.165) is 18.2 Å². The Morgan fingerprint density at radius 2 is 2.18 bits per heavy atom. The molecule has 1 N–H and O–H groups in total. The van der Waals surface area contributed by atoms with Crippen LogP contribution in [0.3, 0.4) is 0 Å². The average molecular weight is 220 g/mol. The first-order valence-electron chi connectivity index (χ1n) is 4.18. The van der Waals surface area contributed by atoms with Gasteiger partial charge in [-0.15, -0.1) is 0 Å². The molecule has 0 atom stereocenters. The second kappa shape index (κ2) is 4.75. The topological polar surface area (TPSA) is 29.1 Å². The Kier molecular flexibility index (Phi) is 3.91. The number of carbonyl (C=O) groups is 1. The van der Waals surface area contributed by atoms with Gasteiger partial charge in [-0.25, -0.2) is 0 Å². The molecule has 1 aliphatic rings. The maximum absolute atomic E-state index is 11.0. The van der Waals surface area contributed by atoms with E-state index < -0.39 is 0 Å². The number of hydrogen-bond donors (Lipinski definition) is 1. The van der Waals surface area contributed by atoms with E-state index in [-0.39, 0.29) is 5.91 Å². The van der Waals surface area contributed by atoms with Gasteiger partial charge in [0.1, 0.15) is 0 Å². The zero-order chi connectivity index (χ0) is 8.10. The van der Waals surface area contributed by atoms with Gasteiger partial charge in [-0.2, -0.15) is 0 Å². The number of alkyl halides is 1. The van der Waals surface area contributed by atoms with E-state index in [4.69, 9.17) is 0 Å². The van der Waals surface area contributed by atoms with Gasteiger partial charge >= 0.3 is 0 Å². The molecule has 1 rings (SSSR count). The van der Waals surface area contributed by atoms with E-state index in [1.807, 2.05) is 0 Å². The molecular weight excluding hydrogens is 206 g/mol. The molecule has 0 aromatic heterocycles. The Labute approximate surface area is 75.9 Å². The Balaban J connectivity index is 1.92. The molecule has 1 aliphatic carbocycles. The SMILES string of the molecule is O=C(CCCCBr)NC1CC1. The monoisotopic (exact) mass is 219 g/mol. The molecule has 0 radical (unpaired) electrons. The molecule has 1 saturated carbocycles. The standard InChI is InChI=1S/C8H14BrNO/c9-6-2-1-3-8(11)10-7-4-5-7/h7H,1-6H2,(H,10,11). The van der Waals surface area contributed by atoms with Crippen LogP contribution in [0.25, 0.3) is 0 Å². The summed E-state index contributed by atoms with van der Waals surface area (Å²) >= 11 is 3.33. The number of carbonyl (C=O) groups excluding carboxylic acids is 1. The molecule has 2 nitrogen and oxygen atoms in total. The molecule has 0 bridgehead atoms. The van der Waals surface area contributed by atoms with Gasteiger partial charge in [0, 0.05) is 17.8 Å². The van der Waals surface area contributed by atoms with E-state index in [0.29, 0.717) is 12.5 Å². The van der Waals surface area contributed by atoms with Crippen LogP contribution >= 0.6 is 15.9 Å². The summed E-state index contributed by atoms with van der Waals surface area (Å²) in [5, 5.41) is 3.96. The normalized spacial score (nSPS) is 16.5. The van der Waals surface area contributed by atoms with Crippen molar-refractivity contribution >= 4 is 21.8 Å². The molecule has 0 aromatic carbocycles. The van der Waals surface area contributed by atoms with E-state index >= 15 is 0 Å². The van der Waals surface area contributed by atoms with Crippen molar-refractivity contribution in [3.63, 3.8) is 0 Å². The fourth-order valence-corrected chi connectivity index (χ4v) is 1.30. The minimum Gasteiger partial charge on any atom is -0.353 e. The third kappa shape index (κ3) is 4.40. The summed E-state index contributed by atoms with van der Waals surface area (Å²) in [6.45, 7) is 0. The lowest BCUT2D eigenvalue weighted by molar-refractivity contribution is -0.121. The first-order chi connectivity index (χ1) is 5.33. The zero-order valence-corrected chi connectivity index (χ0v) is 8.19. The highest BCUT2D eigenvalue weighted by Gasteiger charge is 2.22. The summed E-state index contributed by atoms with van der Waals surface area (Å²) in [4.78, 5) is 11.0. The number of hydrogen-bond acceptors (Lipinski definition) is 1. The Bertz CT molecular complexity index is 134. The van der Waals surface area contributed by atoms with Gasteiger partial charge in [0.15, 0.2) is 0 Å². The molecule has 11 heavy (non-hydrogen) atoms. The second-order valence-corrected chi connectivity index (χ2v) is 3.78. The van der Waals surface area contributed by atoms with Crippen molar-refractivity contribution in [2.75, 3.05) is 5.33 Å². The maximum atomic E-state index is 11.0. The molecule has 0 aromatic rings. The van der Waals surface area contributed by atoms with Crippen LogP contribution in [0.15, 0.2) is 0 Å². The van der Waals surface area contributed by atoms with Crippen molar-refractivity contribution in [2.24, 2.45) is 0 Å². The minimum atomic E-state index is 0.230. The van der Waals surface area contributed by atoms with Crippen LogP contribution in [0.4, 0.5) is 0 Å². The molecule has 1 fully saturated rings. The predicted octanol–water partition coefficient (Wildman–Crippen LogP) is 1.83. The van der Waals surface area contributed by atoms with Gasteiger partial charge < -0.3 is 5.32 Å². The van der Waals surface area contributed by atoms with Crippen LogP contribution in [-0.4, -0.2) is 17.3 Å². The number of amides is 1. The predicted molar refractivity (Wildman–Crippen MR) is 48.8 cm³/mol. The van der Waals surface area contributed by atoms with Crippen molar-refractivity contribution in [2.45, 2.75) is 38.1 Å². The fourth-order valence-electron chi connectivity index (χ4n) is 0.908. The van der Waals surface area contributed by atoms with Crippen LogP contribution in [-0.2, 0) is 4.79 Å². The average Bonchev–Trinajstić information content (AvgIpc) is 2.72. The molecule has 3 heteroatoms. The molecule has 1 amide bonds. The van der Waals surface area contributed by atoms with Crippen molar-refractivity contribution in [3.05, 3.63) is 0 Å². The number of halogens is 1. The molecule has 0 heterocycles. The quantitative estimate of drug-likeness (QED) is 0.555. The molecule has 0 saturated heterocycles. The molecule has 0 spiro atoms. The van der Waals surface area contributed by atoms with Crippen molar-refractivity contribution in [1.82, 2.24) is 5.32 Å². The summed E-state index contributed by atoms with van der Waals surface area (Å²) in [7, 11) is 0.